The van der Waals surface area contributed by atoms with Crippen LogP contribution in [0.1, 0.15) is 23.7 Å². The van der Waals surface area contributed by atoms with Gasteiger partial charge in [0.1, 0.15) is 11.3 Å². The lowest BCUT2D eigenvalue weighted by atomic mass is 10.1. The SMILES string of the molecule is Cc1ncc(NC(=O)Cc2ccc(-c3cnc4[nH]cc(Cl)c4n3)cc2F)cc1C(C)(F)F. The summed E-state index contributed by atoms with van der Waals surface area (Å²) in [6, 6.07) is 5.50. The number of alkyl halides is 2. The molecule has 0 unspecified atom stereocenters. The third kappa shape index (κ3) is 4.43. The van der Waals surface area contributed by atoms with E-state index in [9.17, 15) is 18.0 Å². The molecule has 32 heavy (non-hydrogen) atoms. The molecule has 10 heteroatoms. The van der Waals surface area contributed by atoms with E-state index in [-0.39, 0.29) is 28.9 Å². The maximum atomic E-state index is 14.7. The Labute approximate surface area is 185 Å². The van der Waals surface area contributed by atoms with Crippen LogP contribution in [0.25, 0.3) is 22.4 Å². The van der Waals surface area contributed by atoms with Crippen molar-refractivity contribution in [3.63, 3.8) is 0 Å². The molecule has 1 amide bonds. The van der Waals surface area contributed by atoms with Crippen LogP contribution in [0.3, 0.4) is 0 Å². The standard InChI is InChI=1S/C22H17ClF3N5O/c1-11-15(22(2,25)26)7-14(8-27-11)30-19(32)6-12-3-4-13(5-17(12)24)18-10-29-21-20(31-18)16(23)9-28-21/h3-5,7-10H,6H2,1-2H3,(H,28,29)(H,30,32). The van der Waals surface area contributed by atoms with Gasteiger partial charge < -0.3 is 10.3 Å². The first-order chi connectivity index (χ1) is 15.1. The Morgan fingerprint density at radius 1 is 1.22 bits per heavy atom. The van der Waals surface area contributed by atoms with Crippen molar-refractivity contribution in [1.82, 2.24) is 19.9 Å². The van der Waals surface area contributed by atoms with Crippen molar-refractivity contribution >= 4 is 34.4 Å². The van der Waals surface area contributed by atoms with Crippen molar-refractivity contribution in [1.29, 1.82) is 0 Å². The molecule has 0 bridgehead atoms. The van der Waals surface area contributed by atoms with Crippen molar-refractivity contribution in [2.75, 3.05) is 5.32 Å². The van der Waals surface area contributed by atoms with Crippen molar-refractivity contribution in [3.8, 4) is 11.3 Å². The number of pyridine rings is 1. The predicted octanol–water partition coefficient (Wildman–Crippen LogP) is 5.41. The number of benzene rings is 1. The molecule has 3 heterocycles. The van der Waals surface area contributed by atoms with Crippen LogP contribution in [0.4, 0.5) is 18.9 Å². The Bertz CT molecular complexity index is 1330. The number of hydrogen-bond donors (Lipinski definition) is 2. The van der Waals surface area contributed by atoms with E-state index in [0.717, 1.165) is 6.92 Å². The summed E-state index contributed by atoms with van der Waals surface area (Å²) in [5, 5.41) is 2.89. The summed E-state index contributed by atoms with van der Waals surface area (Å²) in [7, 11) is 0. The highest BCUT2D eigenvalue weighted by atomic mass is 35.5. The number of fused-ring (bicyclic) bond motifs is 1. The molecule has 6 nitrogen and oxygen atoms in total. The van der Waals surface area contributed by atoms with Crippen LogP contribution in [0, 0.1) is 12.7 Å². The van der Waals surface area contributed by atoms with Crippen molar-refractivity contribution in [2.45, 2.75) is 26.2 Å². The van der Waals surface area contributed by atoms with E-state index in [0.29, 0.717) is 27.4 Å². The fourth-order valence-corrected chi connectivity index (χ4v) is 3.46. The van der Waals surface area contributed by atoms with E-state index in [4.69, 9.17) is 11.6 Å². The number of rotatable bonds is 5. The number of aromatic amines is 1. The van der Waals surface area contributed by atoms with Crippen molar-refractivity contribution in [2.24, 2.45) is 0 Å². The largest absolute Gasteiger partial charge is 0.343 e. The van der Waals surface area contributed by atoms with E-state index in [2.05, 4.69) is 25.3 Å². The van der Waals surface area contributed by atoms with E-state index >= 15 is 0 Å². The highest BCUT2D eigenvalue weighted by Crippen LogP contribution is 2.30. The zero-order chi connectivity index (χ0) is 23.0. The van der Waals surface area contributed by atoms with Gasteiger partial charge in [0.15, 0.2) is 5.65 Å². The maximum Gasteiger partial charge on any atom is 0.272 e. The third-order valence-electron chi connectivity index (χ3n) is 4.88. The van der Waals surface area contributed by atoms with Crippen LogP contribution < -0.4 is 5.32 Å². The quantitative estimate of drug-likeness (QED) is 0.418. The number of aromatic nitrogens is 4. The second kappa shape index (κ2) is 8.23. The summed E-state index contributed by atoms with van der Waals surface area (Å²) in [6.07, 6.45) is 4.04. The van der Waals surface area contributed by atoms with Gasteiger partial charge in [0.25, 0.3) is 5.92 Å². The van der Waals surface area contributed by atoms with E-state index in [1.54, 1.807) is 12.3 Å². The molecule has 164 valence electrons. The Morgan fingerprint density at radius 3 is 2.72 bits per heavy atom. The molecule has 0 radical (unpaired) electrons. The number of anilines is 1. The number of H-pyrrole nitrogens is 1. The van der Waals surface area contributed by atoms with Gasteiger partial charge in [-0.05, 0) is 24.6 Å². The molecule has 0 saturated heterocycles. The minimum atomic E-state index is -3.10. The lowest BCUT2D eigenvalue weighted by molar-refractivity contribution is -0.115. The van der Waals surface area contributed by atoms with Gasteiger partial charge in [-0.3, -0.25) is 9.78 Å². The number of carbonyl (C=O) groups is 1. The summed E-state index contributed by atoms with van der Waals surface area (Å²) in [6.45, 7) is 2.22. The Hall–Kier alpha value is -3.46. The van der Waals surface area contributed by atoms with Crippen LogP contribution >= 0.6 is 11.6 Å². The number of carbonyl (C=O) groups excluding carboxylic acids is 1. The van der Waals surface area contributed by atoms with Crippen LogP contribution in [0.15, 0.2) is 42.9 Å². The van der Waals surface area contributed by atoms with E-state index < -0.39 is 17.6 Å². The Morgan fingerprint density at radius 2 is 2.00 bits per heavy atom. The van der Waals surface area contributed by atoms with Crippen LogP contribution in [-0.4, -0.2) is 25.8 Å². The van der Waals surface area contributed by atoms with Crippen LogP contribution in [0.2, 0.25) is 5.02 Å². The molecule has 4 aromatic rings. The summed E-state index contributed by atoms with van der Waals surface area (Å²) < 4.78 is 42.0. The smallest absolute Gasteiger partial charge is 0.272 e. The molecule has 1 aromatic carbocycles. The first-order valence-electron chi connectivity index (χ1n) is 9.55. The second-order valence-corrected chi connectivity index (χ2v) is 7.77. The van der Waals surface area contributed by atoms with Gasteiger partial charge in [0, 0.05) is 29.9 Å². The molecular formula is C22H17ClF3N5O. The fraction of sp³-hybridized carbons (Fsp3) is 0.182. The van der Waals surface area contributed by atoms with Crippen molar-refractivity contribution in [3.05, 3.63) is 70.5 Å². The molecule has 0 aliphatic rings. The monoisotopic (exact) mass is 459 g/mol. The summed E-state index contributed by atoms with van der Waals surface area (Å²) in [4.78, 5) is 27.7. The minimum Gasteiger partial charge on any atom is -0.343 e. The van der Waals surface area contributed by atoms with Gasteiger partial charge >= 0.3 is 0 Å². The lowest BCUT2D eigenvalue weighted by Gasteiger charge is -2.15. The summed E-state index contributed by atoms with van der Waals surface area (Å²) >= 11 is 6.06. The van der Waals surface area contributed by atoms with Crippen LogP contribution in [0.5, 0.6) is 0 Å². The molecule has 0 aliphatic carbocycles. The molecule has 0 aliphatic heterocycles. The molecule has 0 saturated carbocycles. The Balaban J connectivity index is 1.51. The zero-order valence-electron chi connectivity index (χ0n) is 17.0. The third-order valence-corrected chi connectivity index (χ3v) is 5.17. The summed E-state index contributed by atoms with van der Waals surface area (Å²) in [5.74, 6) is -4.27. The molecule has 2 N–H and O–H groups in total. The van der Waals surface area contributed by atoms with Gasteiger partial charge in [-0.25, -0.2) is 23.1 Å². The van der Waals surface area contributed by atoms with Gasteiger partial charge in [-0.1, -0.05) is 23.7 Å². The second-order valence-electron chi connectivity index (χ2n) is 7.37. The average molecular weight is 460 g/mol. The number of amides is 1. The highest BCUT2D eigenvalue weighted by molar-refractivity contribution is 6.34. The first-order valence-corrected chi connectivity index (χ1v) is 9.93. The number of nitrogens with zero attached hydrogens (tertiary/aromatic N) is 3. The number of nitrogens with one attached hydrogen (secondary N) is 2. The van der Waals surface area contributed by atoms with Gasteiger partial charge in [-0.15, -0.1) is 0 Å². The lowest BCUT2D eigenvalue weighted by Crippen LogP contribution is -2.17. The number of halogens is 4. The Kier molecular flexibility index (Phi) is 5.60. The van der Waals surface area contributed by atoms with Crippen molar-refractivity contribution < 1.29 is 18.0 Å². The first kappa shape index (κ1) is 21.8. The number of hydrogen-bond acceptors (Lipinski definition) is 4. The normalized spacial score (nSPS) is 11.7. The zero-order valence-corrected chi connectivity index (χ0v) is 17.8. The van der Waals surface area contributed by atoms with Crippen LogP contribution in [-0.2, 0) is 17.1 Å². The molecule has 0 atom stereocenters. The molecule has 0 fully saturated rings. The fourth-order valence-electron chi connectivity index (χ4n) is 3.27. The molecule has 4 rings (SSSR count). The van der Waals surface area contributed by atoms with Gasteiger partial charge in [0.2, 0.25) is 5.91 Å². The maximum absolute atomic E-state index is 14.7. The van der Waals surface area contributed by atoms with E-state index in [1.165, 1.54) is 37.5 Å². The molecular weight excluding hydrogens is 443 g/mol. The average Bonchev–Trinajstić information content (AvgIpc) is 3.10. The number of aryl methyl sites for hydroxylation is 1. The highest BCUT2D eigenvalue weighted by Gasteiger charge is 2.27. The van der Waals surface area contributed by atoms with E-state index in [1.807, 2.05) is 0 Å². The van der Waals surface area contributed by atoms with Gasteiger partial charge in [-0.2, -0.15) is 0 Å². The topological polar surface area (TPSA) is 83.6 Å². The predicted molar refractivity (Wildman–Crippen MR) is 115 cm³/mol. The summed E-state index contributed by atoms with van der Waals surface area (Å²) in [5.41, 5.74) is 2.01. The van der Waals surface area contributed by atoms with Gasteiger partial charge in [0.05, 0.1) is 35.2 Å². The minimum absolute atomic E-state index is 0.112. The molecule has 3 aromatic heterocycles. The molecule has 0 spiro atoms.